The minimum absolute atomic E-state index is 0.415. The van der Waals surface area contributed by atoms with Crippen molar-refractivity contribution in [2.24, 2.45) is 11.7 Å². The lowest BCUT2D eigenvalue weighted by Gasteiger charge is -2.46. The molecule has 1 saturated heterocycles. The standard InChI is InChI=1S/C17H35N3/c1-4-6-15-7-8-16(18)17(13-15)20-11-9-19(10-12-20)14(3)5-2/h14-17H,4-13,18H2,1-3H3. The van der Waals surface area contributed by atoms with Crippen LogP contribution in [0.5, 0.6) is 0 Å². The van der Waals surface area contributed by atoms with Crippen molar-refractivity contribution in [3.05, 3.63) is 0 Å². The van der Waals surface area contributed by atoms with Crippen LogP contribution < -0.4 is 5.73 Å². The first kappa shape index (κ1) is 16.3. The zero-order valence-corrected chi connectivity index (χ0v) is 13.9. The minimum Gasteiger partial charge on any atom is -0.326 e. The Balaban J connectivity index is 1.85. The van der Waals surface area contributed by atoms with Crippen LogP contribution in [-0.2, 0) is 0 Å². The second-order valence-electron chi connectivity index (χ2n) is 7.03. The first-order valence-corrected chi connectivity index (χ1v) is 8.89. The Bertz CT molecular complexity index is 273. The van der Waals surface area contributed by atoms with Gasteiger partial charge in [0.25, 0.3) is 0 Å². The molecule has 2 fully saturated rings. The van der Waals surface area contributed by atoms with Gasteiger partial charge >= 0.3 is 0 Å². The van der Waals surface area contributed by atoms with Crippen molar-refractivity contribution >= 4 is 0 Å². The average molecular weight is 281 g/mol. The zero-order valence-electron chi connectivity index (χ0n) is 13.9. The topological polar surface area (TPSA) is 32.5 Å². The van der Waals surface area contributed by atoms with Gasteiger partial charge in [-0.15, -0.1) is 0 Å². The quantitative estimate of drug-likeness (QED) is 0.841. The van der Waals surface area contributed by atoms with Crippen molar-refractivity contribution in [2.75, 3.05) is 26.2 Å². The smallest absolute Gasteiger partial charge is 0.0250 e. The van der Waals surface area contributed by atoms with Gasteiger partial charge in [0.05, 0.1) is 0 Å². The normalized spacial score (nSPS) is 35.1. The van der Waals surface area contributed by atoms with E-state index in [-0.39, 0.29) is 0 Å². The minimum atomic E-state index is 0.415. The second kappa shape index (κ2) is 7.77. The number of piperazine rings is 1. The molecule has 118 valence electrons. The molecule has 0 bridgehead atoms. The molecule has 2 aliphatic rings. The van der Waals surface area contributed by atoms with Gasteiger partial charge in [-0.3, -0.25) is 9.80 Å². The van der Waals surface area contributed by atoms with Crippen LogP contribution in [0.2, 0.25) is 0 Å². The summed E-state index contributed by atoms with van der Waals surface area (Å²) in [4.78, 5) is 5.35. The fourth-order valence-corrected chi connectivity index (χ4v) is 4.11. The summed E-state index contributed by atoms with van der Waals surface area (Å²) in [6.07, 6.45) is 7.93. The van der Waals surface area contributed by atoms with Crippen LogP contribution in [0.1, 0.15) is 59.3 Å². The second-order valence-corrected chi connectivity index (χ2v) is 7.03. The van der Waals surface area contributed by atoms with Crippen molar-refractivity contribution in [3.63, 3.8) is 0 Å². The summed E-state index contributed by atoms with van der Waals surface area (Å²) in [6.45, 7) is 11.9. The van der Waals surface area contributed by atoms with Gasteiger partial charge in [-0.25, -0.2) is 0 Å². The molecule has 1 aliphatic carbocycles. The Morgan fingerprint density at radius 2 is 1.80 bits per heavy atom. The van der Waals surface area contributed by atoms with Gasteiger partial charge in [0.1, 0.15) is 0 Å². The molecule has 0 radical (unpaired) electrons. The lowest BCUT2D eigenvalue weighted by atomic mass is 9.79. The molecular formula is C17H35N3. The van der Waals surface area contributed by atoms with Crippen molar-refractivity contribution in [1.82, 2.24) is 9.80 Å². The number of nitrogens with zero attached hydrogens (tertiary/aromatic N) is 2. The molecule has 3 nitrogen and oxygen atoms in total. The highest BCUT2D eigenvalue weighted by molar-refractivity contribution is 4.91. The third kappa shape index (κ3) is 3.96. The van der Waals surface area contributed by atoms with E-state index in [1.54, 1.807) is 0 Å². The van der Waals surface area contributed by atoms with Crippen molar-refractivity contribution in [1.29, 1.82) is 0 Å². The lowest BCUT2D eigenvalue weighted by Crippen LogP contribution is -2.58. The van der Waals surface area contributed by atoms with E-state index >= 15 is 0 Å². The summed E-state index contributed by atoms with van der Waals surface area (Å²) in [5.74, 6) is 0.928. The highest BCUT2D eigenvalue weighted by atomic mass is 15.3. The van der Waals surface area contributed by atoms with Crippen molar-refractivity contribution in [2.45, 2.75) is 77.4 Å². The van der Waals surface area contributed by atoms with Gasteiger partial charge in [0, 0.05) is 44.3 Å². The van der Waals surface area contributed by atoms with E-state index < -0.39 is 0 Å². The Labute approximate surface area is 125 Å². The highest BCUT2D eigenvalue weighted by Crippen LogP contribution is 2.30. The van der Waals surface area contributed by atoms with Crippen molar-refractivity contribution < 1.29 is 0 Å². The molecule has 0 aromatic heterocycles. The molecule has 2 N–H and O–H groups in total. The van der Waals surface area contributed by atoms with Crippen molar-refractivity contribution in [3.8, 4) is 0 Å². The Morgan fingerprint density at radius 3 is 2.40 bits per heavy atom. The van der Waals surface area contributed by atoms with E-state index in [0.29, 0.717) is 12.1 Å². The Morgan fingerprint density at radius 1 is 1.10 bits per heavy atom. The maximum atomic E-state index is 6.43. The van der Waals surface area contributed by atoms with Crippen LogP contribution in [-0.4, -0.2) is 54.1 Å². The molecule has 0 amide bonds. The SMILES string of the molecule is CCCC1CCC(N)C(N2CCN(C(C)CC)CC2)C1. The number of hydrogen-bond donors (Lipinski definition) is 1. The van der Waals surface area contributed by atoms with Gasteiger partial charge in [-0.1, -0.05) is 26.7 Å². The maximum absolute atomic E-state index is 6.43. The Kier molecular flexibility index (Phi) is 6.31. The number of hydrogen-bond acceptors (Lipinski definition) is 3. The monoisotopic (exact) mass is 281 g/mol. The van der Waals surface area contributed by atoms with Crippen LogP contribution >= 0.6 is 0 Å². The number of rotatable bonds is 5. The summed E-state index contributed by atoms with van der Waals surface area (Å²) in [5, 5.41) is 0. The van der Waals surface area contributed by atoms with Crippen LogP contribution in [0.4, 0.5) is 0 Å². The molecule has 0 aromatic carbocycles. The summed E-state index contributed by atoms with van der Waals surface area (Å²) in [6, 6.07) is 1.81. The summed E-state index contributed by atoms with van der Waals surface area (Å²) in [5.41, 5.74) is 6.43. The Hall–Kier alpha value is -0.120. The molecule has 20 heavy (non-hydrogen) atoms. The lowest BCUT2D eigenvalue weighted by molar-refractivity contribution is 0.0407. The molecule has 0 spiro atoms. The fraction of sp³-hybridized carbons (Fsp3) is 1.00. The van der Waals surface area contributed by atoms with E-state index in [2.05, 4.69) is 30.6 Å². The molecule has 2 rings (SSSR count). The van der Waals surface area contributed by atoms with Gasteiger partial charge in [0.2, 0.25) is 0 Å². The number of nitrogens with two attached hydrogens (primary N) is 1. The molecule has 3 heteroatoms. The maximum Gasteiger partial charge on any atom is 0.0250 e. The third-order valence-corrected chi connectivity index (χ3v) is 5.71. The molecule has 0 aromatic rings. The fourth-order valence-electron chi connectivity index (χ4n) is 4.11. The van der Waals surface area contributed by atoms with E-state index in [0.717, 1.165) is 12.0 Å². The average Bonchev–Trinajstić information content (AvgIpc) is 2.49. The van der Waals surface area contributed by atoms with E-state index in [1.165, 1.54) is 64.7 Å². The van der Waals surface area contributed by atoms with Crippen LogP contribution in [0, 0.1) is 5.92 Å². The van der Waals surface area contributed by atoms with Crippen LogP contribution in [0.3, 0.4) is 0 Å². The molecule has 1 heterocycles. The van der Waals surface area contributed by atoms with E-state index in [4.69, 9.17) is 5.73 Å². The summed E-state index contributed by atoms with van der Waals surface area (Å²) in [7, 11) is 0. The van der Waals surface area contributed by atoms with E-state index in [9.17, 15) is 0 Å². The largest absolute Gasteiger partial charge is 0.326 e. The highest BCUT2D eigenvalue weighted by Gasteiger charge is 2.33. The predicted octanol–water partition coefficient (Wildman–Crippen LogP) is 2.70. The van der Waals surface area contributed by atoms with E-state index in [1.807, 2.05) is 0 Å². The van der Waals surface area contributed by atoms with Gasteiger partial charge in [-0.2, -0.15) is 0 Å². The summed E-state index contributed by atoms with van der Waals surface area (Å²) < 4.78 is 0. The van der Waals surface area contributed by atoms with Gasteiger partial charge in [0.15, 0.2) is 0 Å². The van der Waals surface area contributed by atoms with Crippen LogP contribution in [0.15, 0.2) is 0 Å². The molecule has 4 atom stereocenters. The van der Waals surface area contributed by atoms with Gasteiger partial charge in [-0.05, 0) is 38.5 Å². The molecular weight excluding hydrogens is 246 g/mol. The first-order valence-electron chi connectivity index (χ1n) is 8.89. The molecule has 4 unspecified atom stereocenters. The first-order chi connectivity index (χ1) is 9.65. The molecule has 1 aliphatic heterocycles. The van der Waals surface area contributed by atoms with Crippen LogP contribution in [0.25, 0.3) is 0 Å². The zero-order chi connectivity index (χ0) is 14.5. The predicted molar refractivity (Wildman–Crippen MR) is 86.9 cm³/mol. The third-order valence-electron chi connectivity index (χ3n) is 5.71. The van der Waals surface area contributed by atoms with Gasteiger partial charge < -0.3 is 5.73 Å². The molecule has 1 saturated carbocycles. The summed E-state index contributed by atoms with van der Waals surface area (Å²) >= 11 is 0.